The summed E-state index contributed by atoms with van der Waals surface area (Å²) in [7, 11) is 1.72. The molecule has 0 aliphatic heterocycles. The van der Waals surface area contributed by atoms with Crippen molar-refractivity contribution in [2.75, 3.05) is 23.4 Å². The number of rotatable bonds is 3. The highest BCUT2D eigenvalue weighted by Crippen LogP contribution is 2.27. The molecular formula is C11H10ClIN4OS. The quantitative estimate of drug-likeness (QED) is 0.681. The normalized spacial score (nSPS) is 10.3. The highest BCUT2D eigenvalue weighted by atomic mass is 127. The molecule has 1 heterocycles. The molecule has 1 aromatic carbocycles. The molecule has 0 aliphatic rings. The summed E-state index contributed by atoms with van der Waals surface area (Å²) in [6.07, 6.45) is 0. The highest BCUT2D eigenvalue weighted by molar-refractivity contribution is 14.1. The Morgan fingerprint density at radius 3 is 2.84 bits per heavy atom. The third-order valence-corrected chi connectivity index (χ3v) is 4.47. The van der Waals surface area contributed by atoms with Gasteiger partial charge in [-0.25, -0.2) is 4.98 Å². The second-order valence-corrected chi connectivity index (χ2v) is 6.16. The number of halogens is 2. The lowest BCUT2D eigenvalue weighted by Gasteiger charge is -2.06. The van der Waals surface area contributed by atoms with Crippen LogP contribution in [0.25, 0.3) is 0 Å². The Labute approximate surface area is 132 Å². The molecule has 5 nitrogen and oxygen atoms in total. The van der Waals surface area contributed by atoms with Crippen LogP contribution in [0.1, 0.15) is 9.67 Å². The monoisotopic (exact) mass is 408 g/mol. The van der Waals surface area contributed by atoms with Gasteiger partial charge in [-0.3, -0.25) is 4.79 Å². The van der Waals surface area contributed by atoms with Gasteiger partial charge in [0.15, 0.2) is 5.13 Å². The Bertz CT molecular complexity index is 631. The lowest BCUT2D eigenvalue weighted by atomic mass is 10.3. The minimum atomic E-state index is -0.281. The van der Waals surface area contributed by atoms with Gasteiger partial charge in [0, 0.05) is 15.6 Å². The smallest absolute Gasteiger partial charge is 0.269 e. The van der Waals surface area contributed by atoms with Gasteiger partial charge in [0.25, 0.3) is 5.91 Å². The Morgan fingerprint density at radius 1 is 1.53 bits per heavy atom. The largest absolute Gasteiger partial charge is 0.382 e. The molecule has 0 spiro atoms. The maximum atomic E-state index is 12.1. The van der Waals surface area contributed by atoms with Crippen LogP contribution in [0.4, 0.5) is 16.6 Å². The molecule has 0 fully saturated rings. The van der Waals surface area contributed by atoms with Crippen LogP contribution in [0.3, 0.4) is 0 Å². The van der Waals surface area contributed by atoms with E-state index in [9.17, 15) is 4.79 Å². The van der Waals surface area contributed by atoms with Crippen molar-refractivity contribution in [3.05, 3.63) is 31.7 Å². The van der Waals surface area contributed by atoms with Gasteiger partial charge in [-0.15, -0.1) is 0 Å². The molecule has 1 aromatic heterocycles. The number of nitrogen functional groups attached to an aromatic ring is 1. The number of aromatic nitrogens is 1. The van der Waals surface area contributed by atoms with Crippen molar-refractivity contribution in [1.29, 1.82) is 0 Å². The summed E-state index contributed by atoms with van der Waals surface area (Å²) < 4.78 is 0.857. The van der Waals surface area contributed by atoms with Crippen LogP contribution >= 0.6 is 45.5 Å². The number of carbonyl (C=O) groups excluding carboxylic acids is 1. The van der Waals surface area contributed by atoms with Crippen LogP contribution in [0.5, 0.6) is 0 Å². The molecule has 0 radical (unpaired) electrons. The van der Waals surface area contributed by atoms with Gasteiger partial charge in [0.05, 0.1) is 5.69 Å². The lowest BCUT2D eigenvalue weighted by molar-refractivity contribution is 0.103. The van der Waals surface area contributed by atoms with Gasteiger partial charge < -0.3 is 16.4 Å². The van der Waals surface area contributed by atoms with E-state index in [4.69, 9.17) is 17.3 Å². The number of nitrogens with one attached hydrogen (secondary N) is 2. The molecule has 4 N–H and O–H groups in total. The Kier molecular flexibility index (Phi) is 4.48. The predicted molar refractivity (Wildman–Crippen MR) is 88.2 cm³/mol. The van der Waals surface area contributed by atoms with E-state index >= 15 is 0 Å². The van der Waals surface area contributed by atoms with Crippen molar-refractivity contribution >= 4 is 68.1 Å². The fraction of sp³-hybridized carbons (Fsp3) is 0.0909. The number of hydrogen-bond acceptors (Lipinski definition) is 5. The van der Waals surface area contributed by atoms with E-state index in [0.717, 1.165) is 3.57 Å². The Hall–Kier alpha value is -1.06. The zero-order valence-corrected chi connectivity index (χ0v) is 13.6. The van der Waals surface area contributed by atoms with E-state index in [0.29, 0.717) is 20.7 Å². The molecule has 0 unspecified atom stereocenters. The second-order valence-electron chi connectivity index (χ2n) is 3.56. The van der Waals surface area contributed by atoms with E-state index in [1.807, 2.05) is 0 Å². The molecular weight excluding hydrogens is 399 g/mol. The third kappa shape index (κ3) is 3.28. The summed E-state index contributed by atoms with van der Waals surface area (Å²) in [4.78, 5) is 16.5. The summed E-state index contributed by atoms with van der Waals surface area (Å²) in [6, 6.07) is 5.24. The van der Waals surface area contributed by atoms with Crippen molar-refractivity contribution < 1.29 is 4.79 Å². The summed E-state index contributed by atoms with van der Waals surface area (Å²) in [5, 5.41) is 6.87. The first-order valence-corrected chi connectivity index (χ1v) is 7.49. The van der Waals surface area contributed by atoms with E-state index in [2.05, 4.69) is 38.2 Å². The van der Waals surface area contributed by atoms with Crippen LogP contribution in [-0.4, -0.2) is 17.9 Å². The first-order chi connectivity index (χ1) is 9.01. The number of hydrogen-bond donors (Lipinski definition) is 3. The molecule has 0 bridgehead atoms. The van der Waals surface area contributed by atoms with Crippen molar-refractivity contribution in [2.45, 2.75) is 0 Å². The van der Waals surface area contributed by atoms with Crippen molar-refractivity contribution in [3.63, 3.8) is 0 Å². The van der Waals surface area contributed by atoms with Crippen LogP contribution in [-0.2, 0) is 0 Å². The van der Waals surface area contributed by atoms with Gasteiger partial charge in [-0.1, -0.05) is 22.9 Å². The molecule has 1 amide bonds. The van der Waals surface area contributed by atoms with Gasteiger partial charge in [-0.2, -0.15) is 0 Å². The molecule has 19 heavy (non-hydrogen) atoms. The standard InChI is InChI=1S/C11H10ClIN4OS/c1-15-11-17-9(14)8(19-11)10(18)16-7-3-2-5(12)4-6(7)13/h2-4H,14H2,1H3,(H,15,17)(H,16,18). The molecule has 8 heteroatoms. The zero-order chi connectivity index (χ0) is 14.0. The first-order valence-electron chi connectivity index (χ1n) is 5.21. The Morgan fingerprint density at radius 2 is 2.26 bits per heavy atom. The molecule has 0 saturated carbocycles. The molecule has 0 saturated heterocycles. The van der Waals surface area contributed by atoms with Crippen molar-refractivity contribution in [3.8, 4) is 0 Å². The number of carbonyl (C=O) groups is 1. The van der Waals surface area contributed by atoms with Crippen molar-refractivity contribution in [2.24, 2.45) is 0 Å². The second kappa shape index (κ2) is 5.93. The van der Waals surface area contributed by atoms with E-state index in [-0.39, 0.29) is 11.7 Å². The lowest BCUT2D eigenvalue weighted by Crippen LogP contribution is -2.13. The molecule has 0 atom stereocenters. The molecule has 2 rings (SSSR count). The SMILES string of the molecule is CNc1nc(N)c(C(=O)Nc2ccc(Cl)cc2I)s1. The highest BCUT2D eigenvalue weighted by Gasteiger charge is 2.16. The minimum Gasteiger partial charge on any atom is -0.382 e. The molecule has 0 aliphatic carbocycles. The van der Waals surface area contributed by atoms with Crippen LogP contribution in [0.15, 0.2) is 18.2 Å². The predicted octanol–water partition coefficient (Wildman–Crippen LogP) is 3.28. The number of anilines is 3. The minimum absolute atomic E-state index is 0.218. The van der Waals surface area contributed by atoms with Crippen LogP contribution < -0.4 is 16.4 Å². The first kappa shape index (κ1) is 14.4. The van der Waals surface area contributed by atoms with E-state index in [1.165, 1.54) is 11.3 Å². The topological polar surface area (TPSA) is 80.0 Å². The molecule has 2 aromatic rings. The number of nitrogens with two attached hydrogens (primary N) is 1. The zero-order valence-electron chi connectivity index (χ0n) is 9.83. The summed E-state index contributed by atoms with van der Waals surface area (Å²) in [6.45, 7) is 0. The van der Waals surface area contributed by atoms with E-state index in [1.54, 1.807) is 25.2 Å². The fourth-order valence-corrected chi connectivity index (χ4v) is 3.11. The number of nitrogens with zero attached hydrogens (tertiary/aromatic N) is 1. The summed E-state index contributed by atoms with van der Waals surface area (Å²) in [5.74, 6) is -0.0624. The summed E-state index contributed by atoms with van der Waals surface area (Å²) >= 11 is 9.18. The van der Waals surface area contributed by atoms with Gasteiger partial charge in [0.1, 0.15) is 10.7 Å². The maximum absolute atomic E-state index is 12.1. The Balaban J connectivity index is 2.23. The average Bonchev–Trinajstić information content (AvgIpc) is 2.74. The van der Waals surface area contributed by atoms with Gasteiger partial charge in [-0.05, 0) is 40.8 Å². The van der Waals surface area contributed by atoms with Crippen LogP contribution in [0.2, 0.25) is 5.02 Å². The van der Waals surface area contributed by atoms with E-state index < -0.39 is 0 Å². The maximum Gasteiger partial charge on any atom is 0.269 e. The number of amides is 1. The summed E-state index contributed by atoms with van der Waals surface area (Å²) in [5.41, 5.74) is 6.40. The third-order valence-electron chi connectivity index (χ3n) is 2.25. The number of benzene rings is 1. The number of thiazole rings is 1. The average molecular weight is 409 g/mol. The fourth-order valence-electron chi connectivity index (χ4n) is 1.37. The van der Waals surface area contributed by atoms with Gasteiger partial charge in [0.2, 0.25) is 0 Å². The molecule has 100 valence electrons. The van der Waals surface area contributed by atoms with Crippen molar-refractivity contribution in [1.82, 2.24) is 4.98 Å². The van der Waals surface area contributed by atoms with Gasteiger partial charge >= 0.3 is 0 Å². The van der Waals surface area contributed by atoms with Crippen LogP contribution in [0, 0.1) is 3.57 Å².